The Balaban J connectivity index is 2.53. The van der Waals surface area contributed by atoms with Crippen LogP contribution in [0.25, 0.3) is 0 Å². The van der Waals surface area contributed by atoms with Crippen LogP contribution >= 0.6 is 11.6 Å². The SMILES string of the molecule is Cc1ccc2c(c1Cl)CCC(=O)C2. The van der Waals surface area contributed by atoms with Gasteiger partial charge in [0.05, 0.1) is 0 Å². The highest BCUT2D eigenvalue weighted by Crippen LogP contribution is 2.28. The van der Waals surface area contributed by atoms with Crippen LogP contribution in [0, 0.1) is 6.92 Å². The number of carbonyl (C=O) groups is 1. The topological polar surface area (TPSA) is 17.1 Å². The Morgan fingerprint density at radius 2 is 2.08 bits per heavy atom. The molecule has 0 saturated heterocycles. The predicted molar refractivity (Wildman–Crippen MR) is 53.2 cm³/mol. The first kappa shape index (κ1) is 8.76. The van der Waals surface area contributed by atoms with Crippen molar-refractivity contribution in [3.8, 4) is 0 Å². The molecule has 0 spiro atoms. The molecule has 1 aliphatic carbocycles. The Morgan fingerprint density at radius 1 is 1.31 bits per heavy atom. The summed E-state index contributed by atoms with van der Waals surface area (Å²) >= 11 is 6.15. The number of carbonyl (C=O) groups excluding carboxylic acids is 1. The molecule has 2 rings (SSSR count). The van der Waals surface area contributed by atoms with Gasteiger partial charge >= 0.3 is 0 Å². The van der Waals surface area contributed by atoms with E-state index in [-0.39, 0.29) is 0 Å². The quantitative estimate of drug-likeness (QED) is 0.621. The number of rotatable bonds is 0. The minimum Gasteiger partial charge on any atom is -0.299 e. The lowest BCUT2D eigenvalue weighted by Gasteiger charge is -2.17. The molecule has 1 aromatic rings. The van der Waals surface area contributed by atoms with Crippen LogP contribution in [-0.2, 0) is 17.6 Å². The summed E-state index contributed by atoms with van der Waals surface area (Å²) in [5, 5.41) is 0.852. The molecule has 0 fully saturated rings. The van der Waals surface area contributed by atoms with E-state index in [2.05, 4.69) is 0 Å². The molecule has 0 aliphatic heterocycles. The van der Waals surface area contributed by atoms with Crippen molar-refractivity contribution in [2.45, 2.75) is 26.2 Å². The third kappa shape index (κ3) is 1.49. The fraction of sp³-hybridized carbons (Fsp3) is 0.364. The van der Waals surface area contributed by atoms with Gasteiger partial charge in [-0.05, 0) is 30.0 Å². The van der Waals surface area contributed by atoms with Crippen molar-refractivity contribution in [3.63, 3.8) is 0 Å². The van der Waals surface area contributed by atoms with Gasteiger partial charge in [0.25, 0.3) is 0 Å². The number of fused-ring (bicyclic) bond motifs is 1. The highest BCUT2D eigenvalue weighted by atomic mass is 35.5. The second-order valence-corrected chi connectivity index (χ2v) is 3.93. The molecule has 1 aromatic carbocycles. The lowest BCUT2D eigenvalue weighted by molar-refractivity contribution is -0.118. The van der Waals surface area contributed by atoms with Crippen molar-refractivity contribution >= 4 is 17.4 Å². The van der Waals surface area contributed by atoms with Gasteiger partial charge in [-0.2, -0.15) is 0 Å². The van der Waals surface area contributed by atoms with Crippen LogP contribution < -0.4 is 0 Å². The average molecular weight is 195 g/mol. The monoisotopic (exact) mass is 194 g/mol. The normalized spacial score (nSPS) is 15.7. The number of halogens is 1. The van der Waals surface area contributed by atoms with E-state index in [1.807, 2.05) is 19.1 Å². The standard InChI is InChI=1S/C11H11ClO/c1-7-2-3-8-6-9(13)4-5-10(8)11(7)12/h2-3H,4-6H2,1H3. The van der Waals surface area contributed by atoms with Crippen LogP contribution in [0.4, 0.5) is 0 Å². The van der Waals surface area contributed by atoms with Crippen molar-refractivity contribution in [1.29, 1.82) is 0 Å². The molecule has 0 saturated carbocycles. The van der Waals surface area contributed by atoms with Gasteiger partial charge in [-0.15, -0.1) is 0 Å². The highest BCUT2D eigenvalue weighted by molar-refractivity contribution is 6.32. The smallest absolute Gasteiger partial charge is 0.137 e. The first-order valence-electron chi connectivity index (χ1n) is 4.47. The fourth-order valence-electron chi connectivity index (χ4n) is 1.78. The van der Waals surface area contributed by atoms with E-state index in [1.165, 1.54) is 5.56 Å². The Morgan fingerprint density at radius 3 is 2.85 bits per heavy atom. The van der Waals surface area contributed by atoms with Gasteiger partial charge in [0, 0.05) is 17.9 Å². The van der Waals surface area contributed by atoms with Crippen LogP contribution in [0.2, 0.25) is 5.02 Å². The van der Waals surface area contributed by atoms with Crippen molar-refractivity contribution in [2.24, 2.45) is 0 Å². The molecule has 0 bridgehead atoms. The zero-order valence-electron chi connectivity index (χ0n) is 7.56. The predicted octanol–water partition coefficient (Wildman–Crippen LogP) is 2.71. The van der Waals surface area contributed by atoms with Crippen LogP contribution in [0.5, 0.6) is 0 Å². The number of Topliss-reactive ketones (excluding diaryl/α,β-unsaturated/α-hetero) is 1. The molecule has 1 aliphatic rings. The Bertz CT molecular complexity index is 369. The van der Waals surface area contributed by atoms with E-state index in [1.54, 1.807) is 0 Å². The molecule has 0 heterocycles. The van der Waals surface area contributed by atoms with E-state index < -0.39 is 0 Å². The van der Waals surface area contributed by atoms with E-state index in [9.17, 15) is 4.79 Å². The van der Waals surface area contributed by atoms with Crippen LogP contribution in [0.1, 0.15) is 23.1 Å². The molecule has 1 nitrogen and oxygen atoms in total. The minimum atomic E-state index is 0.326. The van der Waals surface area contributed by atoms with E-state index in [4.69, 9.17) is 11.6 Å². The van der Waals surface area contributed by atoms with Gasteiger partial charge in [-0.3, -0.25) is 4.79 Å². The van der Waals surface area contributed by atoms with E-state index in [0.29, 0.717) is 18.6 Å². The third-order valence-corrected chi connectivity index (χ3v) is 3.10. The first-order valence-corrected chi connectivity index (χ1v) is 4.85. The minimum absolute atomic E-state index is 0.326. The zero-order chi connectivity index (χ0) is 9.42. The van der Waals surface area contributed by atoms with Crippen molar-refractivity contribution in [1.82, 2.24) is 0 Å². The van der Waals surface area contributed by atoms with Crippen molar-refractivity contribution < 1.29 is 4.79 Å². The maximum absolute atomic E-state index is 11.2. The molecule has 0 radical (unpaired) electrons. The summed E-state index contributed by atoms with van der Waals surface area (Å²) in [4.78, 5) is 11.2. The maximum Gasteiger partial charge on any atom is 0.137 e. The molecule has 0 aromatic heterocycles. The van der Waals surface area contributed by atoms with Gasteiger partial charge in [0.2, 0.25) is 0 Å². The van der Waals surface area contributed by atoms with Crippen molar-refractivity contribution in [2.75, 3.05) is 0 Å². The summed E-state index contributed by atoms with van der Waals surface area (Å²) in [6.07, 6.45) is 2.03. The van der Waals surface area contributed by atoms with Gasteiger partial charge in [-0.25, -0.2) is 0 Å². The van der Waals surface area contributed by atoms with Gasteiger partial charge in [-0.1, -0.05) is 23.7 Å². The Kier molecular flexibility index (Phi) is 2.12. The Hall–Kier alpha value is -0.820. The molecule has 68 valence electrons. The largest absolute Gasteiger partial charge is 0.299 e. The molecule has 0 amide bonds. The summed E-state index contributed by atoms with van der Waals surface area (Å²) in [6.45, 7) is 2.00. The van der Waals surface area contributed by atoms with Crippen molar-refractivity contribution in [3.05, 3.63) is 33.8 Å². The maximum atomic E-state index is 11.2. The highest BCUT2D eigenvalue weighted by Gasteiger charge is 2.18. The van der Waals surface area contributed by atoms with Gasteiger partial charge in [0.1, 0.15) is 5.78 Å². The molecule has 0 unspecified atom stereocenters. The summed E-state index contributed by atoms with van der Waals surface area (Å²) in [5.41, 5.74) is 3.41. The lowest BCUT2D eigenvalue weighted by Crippen LogP contribution is -2.13. The molecular weight excluding hydrogens is 184 g/mol. The lowest BCUT2D eigenvalue weighted by atomic mass is 9.90. The van der Waals surface area contributed by atoms with Crippen LogP contribution in [-0.4, -0.2) is 5.78 Å². The number of aryl methyl sites for hydroxylation is 1. The van der Waals surface area contributed by atoms with Gasteiger partial charge < -0.3 is 0 Å². The number of benzene rings is 1. The Labute approximate surface area is 82.7 Å². The number of hydrogen-bond acceptors (Lipinski definition) is 1. The molecular formula is C11H11ClO. The molecule has 0 atom stereocenters. The summed E-state index contributed by atoms with van der Waals surface area (Å²) in [7, 11) is 0. The zero-order valence-corrected chi connectivity index (χ0v) is 8.32. The molecule has 0 N–H and O–H groups in total. The number of hydrogen-bond donors (Lipinski definition) is 0. The summed E-state index contributed by atoms with van der Waals surface area (Å²) in [6, 6.07) is 4.01. The second kappa shape index (κ2) is 3.15. The van der Waals surface area contributed by atoms with Gasteiger partial charge in [0.15, 0.2) is 0 Å². The average Bonchev–Trinajstić information content (AvgIpc) is 2.12. The fourth-order valence-corrected chi connectivity index (χ4v) is 2.06. The van der Waals surface area contributed by atoms with Crippen LogP contribution in [0.15, 0.2) is 12.1 Å². The first-order chi connectivity index (χ1) is 6.18. The van der Waals surface area contributed by atoms with Crippen LogP contribution in [0.3, 0.4) is 0 Å². The van der Waals surface area contributed by atoms with E-state index in [0.717, 1.165) is 22.6 Å². The summed E-state index contributed by atoms with van der Waals surface area (Å²) < 4.78 is 0. The number of ketones is 1. The molecule has 2 heteroatoms. The molecule has 13 heavy (non-hydrogen) atoms. The van der Waals surface area contributed by atoms with E-state index >= 15 is 0 Å². The third-order valence-electron chi connectivity index (χ3n) is 2.57. The summed E-state index contributed by atoms with van der Waals surface area (Å²) in [5.74, 6) is 0.326. The second-order valence-electron chi connectivity index (χ2n) is 3.55.